The molecule has 1 atom stereocenters. The van der Waals surface area contributed by atoms with Gasteiger partial charge in [-0.1, -0.05) is 6.07 Å². The van der Waals surface area contributed by atoms with Crippen molar-refractivity contribution in [3.63, 3.8) is 0 Å². The van der Waals surface area contributed by atoms with Crippen molar-refractivity contribution < 1.29 is 14.4 Å². The van der Waals surface area contributed by atoms with Crippen LogP contribution in [0.2, 0.25) is 0 Å². The maximum absolute atomic E-state index is 11.9. The number of pyridine rings is 1. The maximum Gasteiger partial charge on any atom is 0.322 e. The molecule has 0 radical (unpaired) electrons. The summed E-state index contributed by atoms with van der Waals surface area (Å²) in [6.45, 7) is 0.240. The van der Waals surface area contributed by atoms with Gasteiger partial charge >= 0.3 is 6.03 Å². The quantitative estimate of drug-likeness (QED) is 0.642. The molecule has 1 aliphatic heterocycles. The number of imide groups is 1. The molecule has 3 rings (SSSR count). The monoisotopic (exact) mass is 314 g/mol. The van der Waals surface area contributed by atoms with Crippen molar-refractivity contribution in [3.05, 3.63) is 42.4 Å². The smallest absolute Gasteiger partial charge is 0.322 e. The van der Waals surface area contributed by atoms with E-state index in [1.807, 2.05) is 6.07 Å². The summed E-state index contributed by atoms with van der Waals surface area (Å²) in [4.78, 5) is 38.6. The predicted molar refractivity (Wildman–Crippen MR) is 78.3 cm³/mol. The van der Waals surface area contributed by atoms with Gasteiger partial charge < -0.3 is 10.6 Å². The summed E-state index contributed by atoms with van der Waals surface area (Å²) in [5.74, 6) is -0.226. The number of rotatable bonds is 5. The SMILES string of the molecule is O=C(C[C@@H]1NC(=O)NC1=O)NCc1cccnc1-n1cccn1. The maximum atomic E-state index is 11.9. The number of nitrogens with zero attached hydrogens (tertiary/aromatic N) is 3. The molecule has 0 aliphatic carbocycles. The first-order valence-corrected chi connectivity index (χ1v) is 6.95. The summed E-state index contributed by atoms with van der Waals surface area (Å²) >= 11 is 0. The molecule has 0 spiro atoms. The summed E-state index contributed by atoms with van der Waals surface area (Å²) in [6, 6.07) is 3.95. The zero-order chi connectivity index (χ0) is 16.2. The molecule has 2 aromatic rings. The fraction of sp³-hybridized carbons (Fsp3) is 0.214. The molecule has 118 valence electrons. The van der Waals surface area contributed by atoms with E-state index in [1.165, 1.54) is 0 Å². The minimum atomic E-state index is -0.831. The lowest BCUT2D eigenvalue weighted by Gasteiger charge is -2.11. The number of aromatic nitrogens is 3. The molecule has 9 heteroatoms. The molecule has 0 saturated carbocycles. The highest BCUT2D eigenvalue weighted by atomic mass is 16.2. The van der Waals surface area contributed by atoms with Crippen LogP contribution >= 0.6 is 0 Å². The van der Waals surface area contributed by atoms with E-state index in [-0.39, 0.29) is 18.9 Å². The number of hydrogen-bond acceptors (Lipinski definition) is 5. The average Bonchev–Trinajstić information content (AvgIpc) is 3.16. The third kappa shape index (κ3) is 3.34. The molecule has 1 saturated heterocycles. The first-order chi connectivity index (χ1) is 11.1. The van der Waals surface area contributed by atoms with Crippen LogP contribution in [0.5, 0.6) is 0 Å². The van der Waals surface area contributed by atoms with Gasteiger partial charge in [0, 0.05) is 30.7 Å². The van der Waals surface area contributed by atoms with Crippen LogP contribution < -0.4 is 16.0 Å². The minimum Gasteiger partial charge on any atom is -0.352 e. The second-order valence-electron chi connectivity index (χ2n) is 4.93. The summed E-state index contributed by atoms with van der Waals surface area (Å²) in [7, 11) is 0. The van der Waals surface area contributed by atoms with Crippen molar-refractivity contribution in [3.8, 4) is 5.82 Å². The summed E-state index contributed by atoms with van der Waals surface area (Å²) in [6.07, 6.45) is 4.92. The van der Waals surface area contributed by atoms with Gasteiger partial charge in [-0.15, -0.1) is 0 Å². The Kier molecular flexibility index (Phi) is 4.00. The molecule has 1 fully saturated rings. The van der Waals surface area contributed by atoms with E-state index >= 15 is 0 Å². The molecule has 0 unspecified atom stereocenters. The van der Waals surface area contributed by atoms with Gasteiger partial charge in [0.2, 0.25) is 5.91 Å². The van der Waals surface area contributed by atoms with Crippen molar-refractivity contribution in [1.82, 2.24) is 30.7 Å². The molecule has 3 heterocycles. The van der Waals surface area contributed by atoms with E-state index in [0.717, 1.165) is 5.56 Å². The third-order valence-corrected chi connectivity index (χ3v) is 3.31. The van der Waals surface area contributed by atoms with Crippen LogP contribution in [-0.4, -0.2) is 38.7 Å². The van der Waals surface area contributed by atoms with Crippen molar-refractivity contribution in [2.45, 2.75) is 19.0 Å². The van der Waals surface area contributed by atoms with E-state index in [1.54, 1.807) is 35.4 Å². The fourth-order valence-electron chi connectivity index (χ4n) is 2.22. The lowest BCUT2D eigenvalue weighted by atomic mass is 10.2. The van der Waals surface area contributed by atoms with E-state index in [4.69, 9.17) is 0 Å². The van der Waals surface area contributed by atoms with Gasteiger partial charge in [-0.25, -0.2) is 14.5 Å². The summed E-state index contributed by atoms with van der Waals surface area (Å²) in [5, 5.41) is 11.3. The lowest BCUT2D eigenvalue weighted by Crippen LogP contribution is -2.36. The Morgan fingerprint density at radius 2 is 2.17 bits per heavy atom. The Hall–Kier alpha value is -3.23. The normalized spacial score (nSPS) is 16.8. The number of carbonyl (C=O) groups excluding carboxylic acids is 3. The first-order valence-electron chi connectivity index (χ1n) is 6.95. The summed E-state index contributed by atoms with van der Waals surface area (Å²) in [5.41, 5.74) is 0.782. The molecule has 0 bridgehead atoms. The van der Waals surface area contributed by atoms with Crippen LogP contribution in [0.25, 0.3) is 5.82 Å². The Labute approximate surface area is 131 Å². The molecule has 1 aliphatic rings. The van der Waals surface area contributed by atoms with Gasteiger partial charge in [0.05, 0.1) is 6.42 Å². The van der Waals surface area contributed by atoms with Crippen LogP contribution in [-0.2, 0) is 16.1 Å². The van der Waals surface area contributed by atoms with Crippen LogP contribution in [0.1, 0.15) is 12.0 Å². The summed E-state index contributed by atoms with van der Waals surface area (Å²) < 4.78 is 1.60. The van der Waals surface area contributed by atoms with E-state index in [0.29, 0.717) is 5.82 Å². The highest BCUT2D eigenvalue weighted by molar-refractivity contribution is 6.05. The van der Waals surface area contributed by atoms with E-state index in [9.17, 15) is 14.4 Å². The Morgan fingerprint density at radius 3 is 2.87 bits per heavy atom. The van der Waals surface area contributed by atoms with Crippen LogP contribution in [0.3, 0.4) is 0 Å². The molecule has 4 amide bonds. The second-order valence-corrected chi connectivity index (χ2v) is 4.93. The van der Waals surface area contributed by atoms with Crippen molar-refractivity contribution >= 4 is 17.8 Å². The number of nitrogens with one attached hydrogen (secondary N) is 3. The second kappa shape index (κ2) is 6.26. The van der Waals surface area contributed by atoms with Gasteiger partial charge in [0.15, 0.2) is 5.82 Å². The number of hydrogen-bond donors (Lipinski definition) is 3. The largest absolute Gasteiger partial charge is 0.352 e. The standard InChI is InChI=1S/C14H14N6O3/c21-11(7-10-13(22)19-14(23)18-10)16-8-9-3-1-4-15-12(9)20-6-2-5-17-20/h1-6,10H,7-8H2,(H,16,21)(H2,18,19,22,23)/t10-/m0/s1. The van der Waals surface area contributed by atoms with Crippen molar-refractivity contribution in [2.75, 3.05) is 0 Å². The van der Waals surface area contributed by atoms with E-state index < -0.39 is 18.0 Å². The van der Waals surface area contributed by atoms with Gasteiger partial charge in [-0.05, 0) is 12.1 Å². The van der Waals surface area contributed by atoms with E-state index in [2.05, 4.69) is 26.0 Å². The van der Waals surface area contributed by atoms with Crippen LogP contribution in [0.4, 0.5) is 4.79 Å². The van der Waals surface area contributed by atoms with Crippen LogP contribution in [0, 0.1) is 0 Å². The minimum absolute atomic E-state index is 0.116. The zero-order valence-corrected chi connectivity index (χ0v) is 12.0. The Morgan fingerprint density at radius 1 is 1.30 bits per heavy atom. The molecule has 3 N–H and O–H groups in total. The predicted octanol–water partition coefficient (Wildman–Crippen LogP) is -0.518. The van der Waals surface area contributed by atoms with Gasteiger partial charge in [0.25, 0.3) is 5.91 Å². The molecule has 0 aromatic carbocycles. The molecule has 9 nitrogen and oxygen atoms in total. The number of carbonyl (C=O) groups is 3. The Bertz CT molecular complexity index is 743. The molecule has 2 aromatic heterocycles. The van der Waals surface area contributed by atoms with Crippen molar-refractivity contribution in [2.24, 2.45) is 0 Å². The lowest BCUT2D eigenvalue weighted by molar-refractivity contribution is -0.126. The van der Waals surface area contributed by atoms with Crippen LogP contribution in [0.15, 0.2) is 36.8 Å². The average molecular weight is 314 g/mol. The molecular formula is C14H14N6O3. The van der Waals surface area contributed by atoms with Gasteiger partial charge in [-0.3, -0.25) is 14.9 Å². The molecular weight excluding hydrogens is 300 g/mol. The van der Waals surface area contributed by atoms with Gasteiger partial charge in [-0.2, -0.15) is 5.10 Å². The number of urea groups is 1. The third-order valence-electron chi connectivity index (χ3n) is 3.31. The topological polar surface area (TPSA) is 118 Å². The molecule has 23 heavy (non-hydrogen) atoms. The van der Waals surface area contributed by atoms with Gasteiger partial charge in [0.1, 0.15) is 6.04 Å². The number of amides is 4. The zero-order valence-electron chi connectivity index (χ0n) is 12.0. The Balaban J connectivity index is 1.62. The highest BCUT2D eigenvalue weighted by Gasteiger charge is 2.31. The highest BCUT2D eigenvalue weighted by Crippen LogP contribution is 2.10. The first kappa shape index (κ1) is 14.7. The fourth-order valence-corrected chi connectivity index (χ4v) is 2.22. The van der Waals surface area contributed by atoms with Crippen molar-refractivity contribution in [1.29, 1.82) is 0 Å².